The monoisotopic (exact) mass is 351 g/mol. The molecule has 26 heavy (non-hydrogen) atoms. The zero-order chi connectivity index (χ0) is 17.9. The molecule has 1 aromatic carbocycles. The Bertz CT molecular complexity index is 869. The van der Waals surface area contributed by atoms with Gasteiger partial charge in [-0.05, 0) is 24.3 Å². The molecule has 134 valence electrons. The first kappa shape index (κ1) is 16.7. The molecule has 1 aliphatic heterocycles. The number of hydrogen-bond acceptors (Lipinski definition) is 4. The number of aryl methyl sites for hydroxylation is 1. The molecule has 1 fully saturated rings. The van der Waals surface area contributed by atoms with Crippen molar-refractivity contribution in [2.75, 3.05) is 31.1 Å². The third-order valence-electron chi connectivity index (χ3n) is 4.83. The van der Waals surface area contributed by atoms with Crippen LogP contribution < -0.4 is 4.90 Å². The average molecular weight is 351 g/mol. The first-order valence-corrected chi connectivity index (χ1v) is 8.85. The molecule has 3 aromatic rings. The van der Waals surface area contributed by atoms with E-state index in [4.69, 9.17) is 0 Å². The Balaban J connectivity index is 1.47. The molecular weight excluding hydrogens is 329 g/mol. The third kappa shape index (κ3) is 3.46. The van der Waals surface area contributed by atoms with Gasteiger partial charge in [0, 0.05) is 75.2 Å². The summed E-state index contributed by atoms with van der Waals surface area (Å²) in [7, 11) is 1.88. The number of anilines is 1. The molecule has 1 saturated heterocycles. The number of piperazine rings is 1. The second-order valence-corrected chi connectivity index (χ2v) is 6.63. The minimum Gasteiger partial charge on any atom is -0.369 e. The van der Waals surface area contributed by atoms with Crippen LogP contribution in [0.5, 0.6) is 0 Å². The van der Waals surface area contributed by atoms with Gasteiger partial charge in [0.05, 0.1) is 5.69 Å². The number of benzene rings is 1. The van der Waals surface area contributed by atoms with E-state index < -0.39 is 0 Å². The predicted octanol–water partition coefficient (Wildman–Crippen LogP) is 2.94. The van der Waals surface area contributed by atoms with Crippen molar-refractivity contribution < 1.29 is 4.39 Å². The van der Waals surface area contributed by atoms with Gasteiger partial charge in [-0.2, -0.15) is 5.10 Å². The molecule has 1 aliphatic rings. The molecule has 0 bridgehead atoms. The standard InChI is InChI=1S/C20H22FN5/c1-24-14-16(20(23-24)18-4-2-3-5-19(18)21)15-25-10-12-26(13-11-25)17-6-8-22-9-7-17/h2-9,14H,10-13,15H2,1H3. The van der Waals surface area contributed by atoms with Crippen LogP contribution in [0.15, 0.2) is 55.0 Å². The van der Waals surface area contributed by atoms with Gasteiger partial charge in [0.15, 0.2) is 0 Å². The van der Waals surface area contributed by atoms with Crippen LogP contribution in [0.25, 0.3) is 11.3 Å². The van der Waals surface area contributed by atoms with Gasteiger partial charge >= 0.3 is 0 Å². The maximum Gasteiger partial charge on any atom is 0.132 e. The molecule has 2 aromatic heterocycles. The molecule has 0 amide bonds. The molecule has 0 unspecified atom stereocenters. The number of rotatable bonds is 4. The SMILES string of the molecule is Cn1cc(CN2CCN(c3ccncc3)CC2)c(-c2ccccc2F)n1. The van der Waals surface area contributed by atoms with Crippen LogP contribution in [0, 0.1) is 5.82 Å². The van der Waals surface area contributed by atoms with Crippen LogP contribution in [0.4, 0.5) is 10.1 Å². The van der Waals surface area contributed by atoms with Crippen molar-refractivity contribution in [3.63, 3.8) is 0 Å². The second kappa shape index (κ2) is 7.25. The van der Waals surface area contributed by atoms with E-state index in [0.717, 1.165) is 44.0 Å². The predicted molar refractivity (Wildman–Crippen MR) is 100 cm³/mol. The van der Waals surface area contributed by atoms with Crippen molar-refractivity contribution in [3.8, 4) is 11.3 Å². The highest BCUT2D eigenvalue weighted by molar-refractivity contribution is 5.63. The van der Waals surface area contributed by atoms with E-state index in [0.29, 0.717) is 5.56 Å². The fraction of sp³-hybridized carbons (Fsp3) is 0.300. The molecule has 3 heterocycles. The van der Waals surface area contributed by atoms with Crippen LogP contribution in [0.2, 0.25) is 0 Å². The fourth-order valence-corrected chi connectivity index (χ4v) is 3.49. The Morgan fingerprint density at radius 2 is 1.73 bits per heavy atom. The summed E-state index contributed by atoms with van der Waals surface area (Å²) in [6.07, 6.45) is 5.66. The molecule has 4 rings (SSSR count). The van der Waals surface area contributed by atoms with Crippen molar-refractivity contribution in [2.24, 2.45) is 7.05 Å². The lowest BCUT2D eigenvalue weighted by Crippen LogP contribution is -2.46. The Hall–Kier alpha value is -2.73. The summed E-state index contributed by atoms with van der Waals surface area (Å²) in [5.74, 6) is -0.227. The number of pyridine rings is 1. The largest absolute Gasteiger partial charge is 0.369 e. The summed E-state index contributed by atoms with van der Waals surface area (Å²) in [6, 6.07) is 10.9. The topological polar surface area (TPSA) is 37.2 Å². The average Bonchev–Trinajstić information content (AvgIpc) is 3.03. The van der Waals surface area contributed by atoms with E-state index in [2.05, 4.69) is 19.9 Å². The van der Waals surface area contributed by atoms with Gasteiger partial charge in [-0.1, -0.05) is 12.1 Å². The summed E-state index contributed by atoms with van der Waals surface area (Å²) < 4.78 is 16.0. The highest BCUT2D eigenvalue weighted by Gasteiger charge is 2.20. The van der Waals surface area contributed by atoms with E-state index >= 15 is 0 Å². The van der Waals surface area contributed by atoms with Crippen molar-refractivity contribution in [1.82, 2.24) is 19.7 Å². The Labute approximate surface area is 152 Å². The zero-order valence-corrected chi connectivity index (χ0v) is 14.8. The molecule has 0 atom stereocenters. The molecule has 0 spiro atoms. The molecule has 6 heteroatoms. The summed E-state index contributed by atoms with van der Waals surface area (Å²) in [5.41, 5.74) is 3.59. The summed E-state index contributed by atoms with van der Waals surface area (Å²) in [6.45, 7) is 4.65. The lowest BCUT2D eigenvalue weighted by atomic mass is 10.1. The van der Waals surface area contributed by atoms with Crippen LogP contribution in [-0.4, -0.2) is 45.8 Å². The van der Waals surface area contributed by atoms with Gasteiger partial charge in [-0.3, -0.25) is 14.6 Å². The Morgan fingerprint density at radius 1 is 1.00 bits per heavy atom. The van der Waals surface area contributed by atoms with Gasteiger partial charge in [0.1, 0.15) is 5.82 Å². The fourth-order valence-electron chi connectivity index (χ4n) is 3.49. The maximum atomic E-state index is 14.2. The second-order valence-electron chi connectivity index (χ2n) is 6.63. The number of nitrogens with zero attached hydrogens (tertiary/aromatic N) is 5. The van der Waals surface area contributed by atoms with Crippen molar-refractivity contribution in [2.45, 2.75) is 6.54 Å². The molecule has 5 nitrogen and oxygen atoms in total. The lowest BCUT2D eigenvalue weighted by Gasteiger charge is -2.36. The summed E-state index contributed by atoms with van der Waals surface area (Å²) in [5, 5.41) is 4.50. The smallest absolute Gasteiger partial charge is 0.132 e. The molecule has 0 radical (unpaired) electrons. The van der Waals surface area contributed by atoms with E-state index in [1.54, 1.807) is 16.8 Å². The van der Waals surface area contributed by atoms with Crippen molar-refractivity contribution in [3.05, 3.63) is 66.4 Å². The minimum absolute atomic E-state index is 0.227. The Morgan fingerprint density at radius 3 is 2.46 bits per heavy atom. The summed E-state index contributed by atoms with van der Waals surface area (Å²) >= 11 is 0. The van der Waals surface area contributed by atoms with E-state index in [1.165, 1.54) is 11.8 Å². The van der Waals surface area contributed by atoms with Gasteiger partial charge in [-0.15, -0.1) is 0 Å². The third-order valence-corrected chi connectivity index (χ3v) is 4.83. The normalized spacial score (nSPS) is 15.4. The first-order valence-electron chi connectivity index (χ1n) is 8.85. The maximum absolute atomic E-state index is 14.2. The summed E-state index contributed by atoms with van der Waals surface area (Å²) in [4.78, 5) is 8.86. The zero-order valence-electron chi connectivity index (χ0n) is 14.8. The minimum atomic E-state index is -0.227. The molecule has 0 saturated carbocycles. The van der Waals surface area contributed by atoms with Crippen LogP contribution >= 0.6 is 0 Å². The van der Waals surface area contributed by atoms with E-state index in [-0.39, 0.29) is 5.82 Å². The Kier molecular flexibility index (Phi) is 4.67. The van der Waals surface area contributed by atoms with Crippen LogP contribution in [-0.2, 0) is 13.6 Å². The van der Waals surface area contributed by atoms with E-state index in [9.17, 15) is 4.39 Å². The van der Waals surface area contributed by atoms with Gasteiger partial charge < -0.3 is 4.90 Å². The first-order chi connectivity index (χ1) is 12.7. The van der Waals surface area contributed by atoms with Crippen molar-refractivity contribution in [1.29, 1.82) is 0 Å². The van der Waals surface area contributed by atoms with Crippen LogP contribution in [0.1, 0.15) is 5.56 Å². The molecule has 0 N–H and O–H groups in total. The molecule has 0 aliphatic carbocycles. The lowest BCUT2D eigenvalue weighted by molar-refractivity contribution is 0.250. The van der Waals surface area contributed by atoms with Gasteiger partial charge in [-0.25, -0.2) is 4.39 Å². The van der Waals surface area contributed by atoms with Crippen LogP contribution in [0.3, 0.4) is 0 Å². The molecular formula is C20H22FN5. The van der Waals surface area contributed by atoms with Crippen molar-refractivity contribution >= 4 is 5.69 Å². The van der Waals surface area contributed by atoms with E-state index in [1.807, 2.05) is 43.8 Å². The van der Waals surface area contributed by atoms with Gasteiger partial charge in [0.2, 0.25) is 0 Å². The number of aromatic nitrogens is 3. The highest BCUT2D eigenvalue weighted by atomic mass is 19.1. The number of halogens is 1. The highest BCUT2D eigenvalue weighted by Crippen LogP contribution is 2.26. The number of hydrogen-bond donors (Lipinski definition) is 0. The van der Waals surface area contributed by atoms with Gasteiger partial charge in [0.25, 0.3) is 0 Å². The quantitative estimate of drug-likeness (QED) is 0.724.